The van der Waals surface area contributed by atoms with Crippen LogP contribution in [0.4, 0.5) is 11.6 Å². The van der Waals surface area contributed by atoms with E-state index in [1.165, 1.54) is 11.4 Å². The Kier molecular flexibility index (Phi) is 7.59. The molecule has 0 radical (unpaired) electrons. The van der Waals surface area contributed by atoms with Crippen LogP contribution in [0.2, 0.25) is 0 Å². The van der Waals surface area contributed by atoms with E-state index in [1.54, 1.807) is 37.9 Å². The molecule has 2 aromatic heterocycles. The number of nitrogen functional groups attached to an aromatic ring is 1. The largest absolute Gasteiger partial charge is 0.383 e. The summed E-state index contributed by atoms with van der Waals surface area (Å²) in [6.45, 7) is 5.52. The molecular formula is C28H28N8O. The molecule has 1 atom stereocenters. The van der Waals surface area contributed by atoms with E-state index in [9.17, 15) is 4.79 Å². The second kappa shape index (κ2) is 11.2. The molecule has 0 aliphatic carbocycles. The Morgan fingerprint density at radius 1 is 1.14 bits per heavy atom. The quantitative estimate of drug-likeness (QED) is 0.227. The van der Waals surface area contributed by atoms with Gasteiger partial charge in [-0.25, -0.2) is 9.97 Å². The Hall–Kier alpha value is -4.97. The molecule has 0 spiro atoms. The van der Waals surface area contributed by atoms with Crippen LogP contribution in [0, 0.1) is 11.8 Å². The first-order valence-corrected chi connectivity index (χ1v) is 11.7. The van der Waals surface area contributed by atoms with Crippen LogP contribution in [0.5, 0.6) is 0 Å². The van der Waals surface area contributed by atoms with Gasteiger partial charge in [-0.1, -0.05) is 36.3 Å². The van der Waals surface area contributed by atoms with Gasteiger partial charge in [0.15, 0.2) is 0 Å². The Bertz CT molecular complexity index is 1600. The summed E-state index contributed by atoms with van der Waals surface area (Å²) in [6.07, 6.45) is 4.57. The van der Waals surface area contributed by atoms with Gasteiger partial charge in [0.05, 0.1) is 23.2 Å². The summed E-state index contributed by atoms with van der Waals surface area (Å²) in [5, 5.41) is 14.5. The third-order valence-corrected chi connectivity index (χ3v) is 5.70. The summed E-state index contributed by atoms with van der Waals surface area (Å²) in [4.78, 5) is 22.4. The van der Waals surface area contributed by atoms with Crippen molar-refractivity contribution in [3.05, 3.63) is 88.1 Å². The van der Waals surface area contributed by atoms with E-state index in [2.05, 4.69) is 37.3 Å². The number of fused-ring (bicyclic) bond motifs is 1. The minimum atomic E-state index is -0.342. The Morgan fingerprint density at radius 2 is 1.92 bits per heavy atom. The summed E-state index contributed by atoms with van der Waals surface area (Å²) in [7, 11) is 1.71. The van der Waals surface area contributed by atoms with Crippen molar-refractivity contribution in [1.29, 1.82) is 0 Å². The van der Waals surface area contributed by atoms with Gasteiger partial charge in [0, 0.05) is 30.2 Å². The Balaban J connectivity index is 1.86. The Morgan fingerprint density at radius 3 is 2.65 bits per heavy atom. The number of hydrogen-bond donors (Lipinski definition) is 2. The standard InChI is InChI=1S/C28H28N8O/c1-5-11-20-12-10-13-21-16-24(36(28(37)25(20)21)22-14-8-7-9-15-22)19(3)34-27-23(26(29)30-18-31-27)17-33-35(4)32-6-2/h6-10,12-19H,1-4H3,(H3,29,30,31,34)/b32-6-,33-17+/t19-/m0/s1. The maximum absolute atomic E-state index is 13.9. The highest BCUT2D eigenvalue weighted by Gasteiger charge is 2.19. The van der Waals surface area contributed by atoms with E-state index in [0.717, 1.165) is 16.8 Å². The van der Waals surface area contributed by atoms with Gasteiger partial charge in [-0.3, -0.25) is 9.36 Å². The molecule has 0 aliphatic heterocycles. The molecule has 186 valence electrons. The fourth-order valence-electron chi connectivity index (χ4n) is 4.05. The average molecular weight is 493 g/mol. The van der Waals surface area contributed by atoms with Crippen LogP contribution in [0.15, 0.2) is 75.9 Å². The number of hydrogen-bond acceptors (Lipinski definition) is 8. The number of para-hydroxylation sites is 1. The van der Waals surface area contributed by atoms with Crippen LogP contribution >= 0.6 is 0 Å². The number of rotatable bonds is 7. The molecule has 2 aromatic carbocycles. The molecule has 4 rings (SSSR count). The summed E-state index contributed by atoms with van der Waals surface area (Å²) in [5.74, 6) is 6.73. The molecule has 9 nitrogen and oxygen atoms in total. The van der Waals surface area contributed by atoms with E-state index < -0.39 is 0 Å². The smallest absolute Gasteiger partial charge is 0.264 e. The molecule has 0 fully saturated rings. The molecule has 9 heteroatoms. The predicted molar refractivity (Wildman–Crippen MR) is 150 cm³/mol. The number of anilines is 2. The van der Waals surface area contributed by atoms with Gasteiger partial charge < -0.3 is 11.1 Å². The predicted octanol–water partition coefficient (Wildman–Crippen LogP) is 4.18. The first-order chi connectivity index (χ1) is 17.9. The van der Waals surface area contributed by atoms with Crippen molar-refractivity contribution < 1.29 is 0 Å². The summed E-state index contributed by atoms with van der Waals surface area (Å²) in [6, 6.07) is 16.9. The monoisotopic (exact) mass is 492 g/mol. The minimum absolute atomic E-state index is 0.145. The molecule has 0 bridgehead atoms. The van der Waals surface area contributed by atoms with Crippen LogP contribution in [0.1, 0.15) is 43.6 Å². The third-order valence-electron chi connectivity index (χ3n) is 5.70. The lowest BCUT2D eigenvalue weighted by molar-refractivity contribution is 0.381. The van der Waals surface area contributed by atoms with Gasteiger partial charge in [-0.15, -0.1) is 5.92 Å². The first-order valence-electron chi connectivity index (χ1n) is 11.7. The topological polar surface area (TPSA) is 114 Å². The zero-order valence-electron chi connectivity index (χ0n) is 21.2. The van der Waals surface area contributed by atoms with Gasteiger partial charge in [-0.2, -0.15) is 15.3 Å². The zero-order chi connectivity index (χ0) is 26.4. The van der Waals surface area contributed by atoms with Gasteiger partial charge in [0.1, 0.15) is 18.0 Å². The number of nitrogens with zero attached hydrogens (tertiary/aromatic N) is 6. The zero-order valence-corrected chi connectivity index (χ0v) is 21.2. The van der Waals surface area contributed by atoms with Crippen LogP contribution in [-0.4, -0.2) is 39.1 Å². The summed E-state index contributed by atoms with van der Waals surface area (Å²) >= 11 is 0. The van der Waals surface area contributed by atoms with Gasteiger partial charge >= 0.3 is 0 Å². The molecule has 3 N–H and O–H groups in total. The highest BCUT2D eigenvalue weighted by molar-refractivity contribution is 5.92. The van der Waals surface area contributed by atoms with Crippen LogP contribution in [0.25, 0.3) is 16.5 Å². The van der Waals surface area contributed by atoms with E-state index >= 15 is 0 Å². The fourth-order valence-corrected chi connectivity index (χ4v) is 4.05. The lowest BCUT2D eigenvalue weighted by atomic mass is 10.0. The van der Waals surface area contributed by atoms with Gasteiger partial charge in [-0.05, 0) is 50.4 Å². The number of benzene rings is 2. The van der Waals surface area contributed by atoms with Crippen molar-refractivity contribution in [2.45, 2.75) is 26.8 Å². The number of pyridine rings is 1. The number of aromatic nitrogens is 3. The van der Waals surface area contributed by atoms with Crippen LogP contribution in [0.3, 0.4) is 0 Å². The first kappa shape index (κ1) is 25.1. The maximum atomic E-state index is 13.9. The van der Waals surface area contributed by atoms with Crippen LogP contribution < -0.4 is 16.6 Å². The summed E-state index contributed by atoms with van der Waals surface area (Å²) in [5.41, 5.74) is 8.72. The van der Waals surface area contributed by atoms with E-state index in [-0.39, 0.29) is 17.4 Å². The Labute approximate surface area is 215 Å². The molecular weight excluding hydrogens is 464 g/mol. The van der Waals surface area contributed by atoms with E-state index in [0.29, 0.717) is 22.3 Å². The lowest BCUT2D eigenvalue weighted by Crippen LogP contribution is -2.26. The minimum Gasteiger partial charge on any atom is -0.383 e. The molecule has 4 aromatic rings. The molecule has 0 saturated heterocycles. The highest BCUT2D eigenvalue weighted by Crippen LogP contribution is 2.26. The van der Waals surface area contributed by atoms with Gasteiger partial charge in [0.25, 0.3) is 5.56 Å². The van der Waals surface area contributed by atoms with Crippen molar-refractivity contribution in [2.24, 2.45) is 10.2 Å². The average Bonchev–Trinajstić information content (AvgIpc) is 2.89. The maximum Gasteiger partial charge on any atom is 0.264 e. The molecule has 2 heterocycles. The van der Waals surface area contributed by atoms with Crippen molar-refractivity contribution in [2.75, 3.05) is 18.1 Å². The molecule has 0 saturated carbocycles. The third kappa shape index (κ3) is 5.33. The normalized spacial score (nSPS) is 12.0. The van der Waals surface area contributed by atoms with Crippen molar-refractivity contribution in [3.8, 4) is 17.5 Å². The van der Waals surface area contributed by atoms with Crippen molar-refractivity contribution in [1.82, 2.24) is 19.7 Å². The van der Waals surface area contributed by atoms with Crippen molar-refractivity contribution in [3.63, 3.8) is 0 Å². The SMILES string of the molecule is CC#Cc1cccc2cc([C@H](C)Nc3ncnc(N)c3/C=N/N(C)/N=C\C)n(-c3ccccc3)c(=O)c12. The van der Waals surface area contributed by atoms with Crippen molar-refractivity contribution >= 4 is 34.8 Å². The second-order valence-electron chi connectivity index (χ2n) is 8.19. The molecule has 0 amide bonds. The lowest BCUT2D eigenvalue weighted by Gasteiger charge is -2.22. The molecule has 37 heavy (non-hydrogen) atoms. The van der Waals surface area contributed by atoms with Gasteiger partial charge in [0.2, 0.25) is 0 Å². The number of nitrogens with one attached hydrogen (secondary N) is 1. The van der Waals surface area contributed by atoms with E-state index in [1.807, 2.05) is 61.5 Å². The van der Waals surface area contributed by atoms with Crippen LogP contribution in [-0.2, 0) is 0 Å². The second-order valence-corrected chi connectivity index (χ2v) is 8.19. The number of hydrazone groups is 2. The number of nitrogens with two attached hydrogens (primary N) is 1. The molecule has 0 unspecified atom stereocenters. The highest BCUT2D eigenvalue weighted by atomic mass is 16.1. The fraction of sp³-hybridized carbons (Fsp3) is 0.179. The summed E-state index contributed by atoms with van der Waals surface area (Å²) < 4.78 is 1.71. The van der Waals surface area contributed by atoms with E-state index in [4.69, 9.17) is 5.73 Å². The molecule has 0 aliphatic rings.